The number of hydrogen-bond donors (Lipinski definition) is 1. The summed E-state index contributed by atoms with van der Waals surface area (Å²) >= 11 is 0. The lowest BCUT2D eigenvalue weighted by molar-refractivity contribution is 0.866. The van der Waals surface area contributed by atoms with Crippen molar-refractivity contribution in [1.82, 2.24) is 0 Å². The third kappa shape index (κ3) is 3.78. The highest BCUT2D eigenvalue weighted by Gasteiger charge is 2.03. The molecule has 0 fully saturated rings. The predicted molar refractivity (Wildman–Crippen MR) is 93.2 cm³/mol. The second-order valence-corrected chi connectivity index (χ2v) is 5.44. The molecule has 2 aromatic rings. The highest BCUT2D eigenvalue weighted by Crippen LogP contribution is 2.20. The highest BCUT2D eigenvalue weighted by atomic mass is 15.1. The molecule has 2 rings (SSSR count). The Hall–Kier alpha value is -1.96. The van der Waals surface area contributed by atoms with E-state index in [9.17, 15) is 0 Å². The first kappa shape index (κ1) is 15.4. The fourth-order valence-electron chi connectivity index (χ4n) is 2.70. The van der Waals surface area contributed by atoms with Gasteiger partial charge in [-0.15, -0.1) is 0 Å². The first-order chi connectivity index (χ1) is 10.2. The van der Waals surface area contributed by atoms with Crippen LogP contribution in [-0.2, 0) is 6.54 Å². The minimum atomic E-state index is 0.878. The van der Waals surface area contributed by atoms with Gasteiger partial charge in [-0.25, -0.2) is 0 Å². The van der Waals surface area contributed by atoms with Crippen LogP contribution in [0, 0.1) is 13.8 Å². The first-order valence-electron chi connectivity index (χ1n) is 7.79. The molecule has 0 atom stereocenters. The third-order valence-electron chi connectivity index (χ3n) is 4.11. The number of nitrogens with one attached hydrogen (secondary N) is 1. The Labute approximate surface area is 128 Å². The molecule has 0 saturated carbocycles. The van der Waals surface area contributed by atoms with Crippen molar-refractivity contribution in [1.29, 1.82) is 0 Å². The quantitative estimate of drug-likeness (QED) is 0.821. The molecule has 0 heterocycles. The number of nitrogens with zero attached hydrogens (tertiary/aromatic N) is 1. The molecule has 0 spiro atoms. The van der Waals surface area contributed by atoms with Crippen molar-refractivity contribution in [3.8, 4) is 0 Å². The molecule has 21 heavy (non-hydrogen) atoms. The first-order valence-corrected chi connectivity index (χ1v) is 7.79. The lowest BCUT2D eigenvalue weighted by atomic mass is 10.0. The van der Waals surface area contributed by atoms with Gasteiger partial charge in [-0.05, 0) is 68.7 Å². The van der Waals surface area contributed by atoms with Crippen molar-refractivity contribution in [3.63, 3.8) is 0 Å². The molecule has 0 aliphatic heterocycles. The van der Waals surface area contributed by atoms with E-state index in [4.69, 9.17) is 0 Å². The predicted octanol–water partition coefficient (Wildman–Crippen LogP) is 4.76. The van der Waals surface area contributed by atoms with Crippen molar-refractivity contribution in [2.24, 2.45) is 0 Å². The monoisotopic (exact) mass is 282 g/mol. The van der Waals surface area contributed by atoms with Crippen molar-refractivity contribution in [3.05, 3.63) is 59.2 Å². The van der Waals surface area contributed by atoms with E-state index in [-0.39, 0.29) is 0 Å². The second kappa shape index (κ2) is 7.16. The zero-order valence-electron chi connectivity index (χ0n) is 13.6. The molecule has 0 aliphatic rings. The molecule has 0 aromatic heterocycles. The van der Waals surface area contributed by atoms with E-state index in [1.165, 1.54) is 28.1 Å². The number of hydrogen-bond acceptors (Lipinski definition) is 2. The minimum Gasteiger partial charge on any atom is -0.381 e. The molecule has 2 aromatic carbocycles. The fraction of sp³-hybridized carbons (Fsp3) is 0.368. The van der Waals surface area contributed by atoms with Crippen molar-refractivity contribution >= 4 is 11.4 Å². The van der Waals surface area contributed by atoms with E-state index in [0.29, 0.717) is 0 Å². The Kier molecular flexibility index (Phi) is 5.26. The van der Waals surface area contributed by atoms with Crippen LogP contribution in [-0.4, -0.2) is 13.1 Å². The van der Waals surface area contributed by atoms with Gasteiger partial charge in [-0.2, -0.15) is 0 Å². The lowest BCUT2D eigenvalue weighted by Gasteiger charge is -2.21. The molecule has 0 amide bonds. The molecule has 2 nitrogen and oxygen atoms in total. The maximum Gasteiger partial charge on any atom is 0.0406 e. The molecular formula is C19H26N2. The Bertz CT molecular complexity index is 548. The van der Waals surface area contributed by atoms with Crippen LogP contribution in [0.3, 0.4) is 0 Å². The summed E-state index contributed by atoms with van der Waals surface area (Å²) in [6, 6.07) is 15.2. The standard InChI is InChI=1S/C19H26N2/c1-5-21(6-2)18-12-10-17(11-13-18)20-14-19-15(3)8-7-9-16(19)4/h7-13,20H,5-6,14H2,1-4H3. The van der Waals surface area contributed by atoms with Gasteiger partial charge in [0.15, 0.2) is 0 Å². The normalized spacial score (nSPS) is 10.5. The summed E-state index contributed by atoms with van der Waals surface area (Å²) in [5.41, 5.74) is 6.56. The molecule has 0 saturated heterocycles. The van der Waals surface area contributed by atoms with Crippen LogP contribution < -0.4 is 10.2 Å². The summed E-state index contributed by atoms with van der Waals surface area (Å²) < 4.78 is 0. The maximum absolute atomic E-state index is 3.53. The van der Waals surface area contributed by atoms with Crippen molar-refractivity contribution in [2.75, 3.05) is 23.3 Å². The Balaban J connectivity index is 2.04. The van der Waals surface area contributed by atoms with Crippen LogP contribution in [0.5, 0.6) is 0 Å². The van der Waals surface area contributed by atoms with Crippen LogP contribution >= 0.6 is 0 Å². The number of rotatable bonds is 6. The summed E-state index contributed by atoms with van der Waals surface area (Å²) in [6.07, 6.45) is 0. The lowest BCUT2D eigenvalue weighted by Crippen LogP contribution is -2.21. The van der Waals surface area contributed by atoms with E-state index < -0.39 is 0 Å². The summed E-state index contributed by atoms with van der Waals surface area (Å²) in [7, 11) is 0. The van der Waals surface area contributed by atoms with Crippen molar-refractivity contribution in [2.45, 2.75) is 34.2 Å². The van der Waals surface area contributed by atoms with Gasteiger partial charge in [0.05, 0.1) is 0 Å². The second-order valence-electron chi connectivity index (χ2n) is 5.44. The van der Waals surface area contributed by atoms with E-state index in [2.05, 4.69) is 80.4 Å². The van der Waals surface area contributed by atoms with E-state index >= 15 is 0 Å². The fourth-order valence-corrected chi connectivity index (χ4v) is 2.70. The van der Waals surface area contributed by atoms with Gasteiger partial charge in [0.2, 0.25) is 0 Å². The molecule has 0 unspecified atom stereocenters. The molecule has 2 heteroatoms. The Morgan fingerprint density at radius 1 is 0.857 bits per heavy atom. The molecule has 112 valence electrons. The third-order valence-corrected chi connectivity index (χ3v) is 4.11. The average molecular weight is 282 g/mol. The SMILES string of the molecule is CCN(CC)c1ccc(NCc2c(C)cccc2C)cc1. The van der Waals surface area contributed by atoms with Gasteiger partial charge in [-0.1, -0.05) is 18.2 Å². The molecule has 0 radical (unpaired) electrons. The molecule has 1 N–H and O–H groups in total. The van der Waals surface area contributed by atoms with E-state index in [1.807, 2.05) is 0 Å². The van der Waals surface area contributed by atoms with Crippen LogP contribution in [0.2, 0.25) is 0 Å². The molecule has 0 bridgehead atoms. The van der Waals surface area contributed by atoms with Gasteiger partial charge in [0.25, 0.3) is 0 Å². The zero-order chi connectivity index (χ0) is 15.2. The smallest absolute Gasteiger partial charge is 0.0406 e. The number of aryl methyl sites for hydroxylation is 2. The largest absolute Gasteiger partial charge is 0.381 e. The Morgan fingerprint density at radius 3 is 1.95 bits per heavy atom. The Morgan fingerprint density at radius 2 is 1.43 bits per heavy atom. The summed E-state index contributed by atoms with van der Waals surface area (Å²) in [5.74, 6) is 0. The summed E-state index contributed by atoms with van der Waals surface area (Å²) in [6.45, 7) is 11.7. The van der Waals surface area contributed by atoms with Gasteiger partial charge < -0.3 is 10.2 Å². The van der Waals surface area contributed by atoms with Gasteiger partial charge >= 0.3 is 0 Å². The van der Waals surface area contributed by atoms with E-state index in [1.54, 1.807) is 0 Å². The average Bonchev–Trinajstić information content (AvgIpc) is 2.49. The van der Waals surface area contributed by atoms with Crippen LogP contribution in [0.1, 0.15) is 30.5 Å². The maximum atomic E-state index is 3.53. The van der Waals surface area contributed by atoms with Gasteiger partial charge in [0.1, 0.15) is 0 Å². The topological polar surface area (TPSA) is 15.3 Å². The van der Waals surface area contributed by atoms with Crippen LogP contribution in [0.15, 0.2) is 42.5 Å². The van der Waals surface area contributed by atoms with Crippen LogP contribution in [0.25, 0.3) is 0 Å². The molecule has 0 aliphatic carbocycles. The van der Waals surface area contributed by atoms with Crippen molar-refractivity contribution < 1.29 is 0 Å². The zero-order valence-corrected chi connectivity index (χ0v) is 13.6. The summed E-state index contributed by atoms with van der Waals surface area (Å²) in [5, 5.41) is 3.53. The minimum absolute atomic E-state index is 0.878. The van der Waals surface area contributed by atoms with Gasteiger partial charge in [-0.3, -0.25) is 0 Å². The summed E-state index contributed by atoms with van der Waals surface area (Å²) in [4.78, 5) is 2.36. The van der Waals surface area contributed by atoms with Crippen LogP contribution in [0.4, 0.5) is 11.4 Å². The van der Waals surface area contributed by atoms with Gasteiger partial charge in [0, 0.05) is 31.0 Å². The number of anilines is 2. The molecular weight excluding hydrogens is 256 g/mol. The van der Waals surface area contributed by atoms with E-state index in [0.717, 1.165) is 19.6 Å². The highest BCUT2D eigenvalue weighted by molar-refractivity contribution is 5.55. The number of benzene rings is 2.